The second-order valence-corrected chi connectivity index (χ2v) is 6.79. The first-order valence-corrected chi connectivity index (χ1v) is 9.23. The Morgan fingerprint density at radius 1 is 1.14 bits per heavy atom. The average molecular weight is 375 g/mol. The highest BCUT2D eigenvalue weighted by Crippen LogP contribution is 2.16. The van der Waals surface area contributed by atoms with Crippen LogP contribution >= 0.6 is 0 Å². The topological polar surface area (TPSA) is 87.2 Å². The molecule has 1 fully saturated rings. The van der Waals surface area contributed by atoms with Gasteiger partial charge in [0, 0.05) is 30.7 Å². The smallest absolute Gasteiger partial charge is 0.273 e. The maximum Gasteiger partial charge on any atom is 0.273 e. The van der Waals surface area contributed by atoms with Crippen molar-refractivity contribution in [3.05, 3.63) is 66.1 Å². The van der Waals surface area contributed by atoms with Crippen LogP contribution in [-0.2, 0) is 4.79 Å². The molecule has 142 valence electrons. The lowest BCUT2D eigenvalue weighted by Crippen LogP contribution is -2.58. The van der Waals surface area contributed by atoms with Gasteiger partial charge < -0.3 is 15.5 Å². The molecule has 0 spiro atoms. The predicted molar refractivity (Wildman–Crippen MR) is 107 cm³/mol. The molecule has 4 rings (SSSR count). The number of aromatic nitrogens is 2. The van der Waals surface area contributed by atoms with Gasteiger partial charge in [0.15, 0.2) is 0 Å². The monoisotopic (exact) mass is 375 g/mol. The zero-order valence-corrected chi connectivity index (χ0v) is 15.6. The third kappa shape index (κ3) is 3.70. The van der Waals surface area contributed by atoms with Crippen molar-refractivity contribution >= 4 is 28.4 Å². The Kier molecular flexibility index (Phi) is 4.99. The van der Waals surface area contributed by atoms with Crippen molar-refractivity contribution in [2.75, 3.05) is 25.0 Å². The fourth-order valence-electron chi connectivity index (χ4n) is 3.28. The van der Waals surface area contributed by atoms with E-state index in [4.69, 9.17) is 0 Å². The first kappa shape index (κ1) is 18.1. The number of para-hydroxylation sites is 1. The van der Waals surface area contributed by atoms with Crippen molar-refractivity contribution < 1.29 is 9.59 Å². The molecule has 2 aromatic heterocycles. The van der Waals surface area contributed by atoms with Gasteiger partial charge in [-0.15, -0.1) is 0 Å². The van der Waals surface area contributed by atoms with Gasteiger partial charge in [-0.25, -0.2) is 4.98 Å². The summed E-state index contributed by atoms with van der Waals surface area (Å²) < 4.78 is 0. The number of hydrogen-bond acceptors (Lipinski definition) is 5. The highest BCUT2D eigenvalue weighted by Gasteiger charge is 2.33. The Hall–Kier alpha value is -3.32. The number of anilines is 1. The molecule has 7 nitrogen and oxygen atoms in total. The van der Waals surface area contributed by atoms with Crippen molar-refractivity contribution in [3.8, 4) is 0 Å². The maximum atomic E-state index is 13.1. The molecule has 0 aliphatic carbocycles. The number of nitrogens with one attached hydrogen (secondary N) is 2. The fourth-order valence-corrected chi connectivity index (χ4v) is 3.28. The van der Waals surface area contributed by atoms with E-state index in [-0.39, 0.29) is 11.8 Å². The van der Waals surface area contributed by atoms with E-state index in [9.17, 15) is 9.59 Å². The highest BCUT2D eigenvalue weighted by molar-refractivity contribution is 6.01. The van der Waals surface area contributed by atoms with Crippen molar-refractivity contribution in [1.29, 1.82) is 0 Å². The van der Waals surface area contributed by atoms with Crippen LogP contribution in [0.5, 0.6) is 0 Å². The second-order valence-electron chi connectivity index (χ2n) is 6.79. The molecule has 1 aliphatic rings. The van der Waals surface area contributed by atoms with Crippen LogP contribution in [0, 0.1) is 6.92 Å². The molecule has 3 heterocycles. The third-order valence-electron chi connectivity index (χ3n) is 4.80. The number of nitrogens with zero attached hydrogens (tertiary/aromatic N) is 3. The SMILES string of the molecule is Cc1ccc(NC(=O)[C@H]2CNCCN2C(=O)c2ccc3ccccc3n2)cn1. The van der Waals surface area contributed by atoms with E-state index < -0.39 is 6.04 Å². The maximum absolute atomic E-state index is 13.1. The Balaban J connectivity index is 1.55. The zero-order valence-electron chi connectivity index (χ0n) is 15.6. The van der Waals surface area contributed by atoms with Gasteiger partial charge >= 0.3 is 0 Å². The van der Waals surface area contributed by atoms with Crippen LogP contribution in [0.1, 0.15) is 16.2 Å². The summed E-state index contributed by atoms with van der Waals surface area (Å²) in [6.45, 7) is 3.35. The Morgan fingerprint density at radius 2 is 2.00 bits per heavy atom. The van der Waals surface area contributed by atoms with Crippen LogP contribution in [0.4, 0.5) is 5.69 Å². The standard InChI is InChI=1S/C21H21N5O2/c1-14-6-8-16(12-23-14)24-20(27)19-13-22-10-11-26(19)21(28)18-9-7-15-4-2-3-5-17(15)25-18/h2-9,12,19,22H,10-11,13H2,1H3,(H,24,27)/t19-/m1/s1. The molecule has 0 bridgehead atoms. The third-order valence-corrected chi connectivity index (χ3v) is 4.80. The van der Waals surface area contributed by atoms with E-state index >= 15 is 0 Å². The molecule has 3 aromatic rings. The number of carbonyl (C=O) groups is 2. The van der Waals surface area contributed by atoms with Crippen LogP contribution in [-0.4, -0.2) is 52.4 Å². The number of rotatable bonds is 3. The number of hydrogen-bond donors (Lipinski definition) is 2. The summed E-state index contributed by atoms with van der Waals surface area (Å²) in [5.41, 5.74) is 2.58. The van der Waals surface area contributed by atoms with Gasteiger partial charge in [0.1, 0.15) is 11.7 Å². The van der Waals surface area contributed by atoms with E-state index in [2.05, 4.69) is 20.6 Å². The van der Waals surface area contributed by atoms with Crippen LogP contribution in [0.15, 0.2) is 54.7 Å². The van der Waals surface area contributed by atoms with E-state index in [0.29, 0.717) is 31.0 Å². The molecule has 2 N–H and O–H groups in total. The molecule has 0 radical (unpaired) electrons. The van der Waals surface area contributed by atoms with Crippen LogP contribution in [0.25, 0.3) is 10.9 Å². The van der Waals surface area contributed by atoms with Crippen molar-refractivity contribution in [3.63, 3.8) is 0 Å². The van der Waals surface area contributed by atoms with Crippen molar-refractivity contribution in [1.82, 2.24) is 20.2 Å². The minimum atomic E-state index is -0.615. The molecule has 1 atom stereocenters. The average Bonchev–Trinajstić information content (AvgIpc) is 2.74. The summed E-state index contributed by atoms with van der Waals surface area (Å²) in [5, 5.41) is 7.01. The van der Waals surface area contributed by atoms with Gasteiger partial charge in [0.2, 0.25) is 5.91 Å². The number of pyridine rings is 2. The van der Waals surface area contributed by atoms with Crippen LogP contribution in [0.2, 0.25) is 0 Å². The Labute approximate surface area is 162 Å². The Bertz CT molecular complexity index is 1020. The molecular formula is C21H21N5O2. The summed E-state index contributed by atoms with van der Waals surface area (Å²) in [4.78, 5) is 36.2. The summed E-state index contributed by atoms with van der Waals surface area (Å²) in [5.74, 6) is -0.485. The first-order chi connectivity index (χ1) is 13.6. The number of benzene rings is 1. The molecule has 0 saturated carbocycles. The van der Waals surface area contributed by atoms with Crippen LogP contribution in [0.3, 0.4) is 0 Å². The van der Waals surface area contributed by atoms with E-state index in [0.717, 1.165) is 16.6 Å². The minimum Gasteiger partial charge on any atom is -0.323 e. The molecule has 1 aromatic carbocycles. The fraction of sp³-hybridized carbons (Fsp3) is 0.238. The number of piperazine rings is 1. The van der Waals surface area contributed by atoms with E-state index in [1.165, 1.54) is 0 Å². The number of fused-ring (bicyclic) bond motifs is 1. The summed E-state index contributed by atoms with van der Waals surface area (Å²) in [6, 6.07) is 14.3. The molecule has 1 aliphatic heterocycles. The number of amides is 2. The molecule has 1 saturated heterocycles. The Morgan fingerprint density at radius 3 is 2.82 bits per heavy atom. The van der Waals surface area contributed by atoms with Crippen molar-refractivity contribution in [2.24, 2.45) is 0 Å². The molecular weight excluding hydrogens is 354 g/mol. The molecule has 28 heavy (non-hydrogen) atoms. The van der Waals surface area contributed by atoms with Crippen LogP contribution < -0.4 is 10.6 Å². The second kappa shape index (κ2) is 7.74. The predicted octanol–water partition coefficient (Wildman–Crippen LogP) is 1.99. The van der Waals surface area contributed by atoms with Gasteiger partial charge in [0.25, 0.3) is 5.91 Å². The van der Waals surface area contributed by atoms with E-state index in [1.54, 1.807) is 23.2 Å². The quantitative estimate of drug-likeness (QED) is 0.731. The molecule has 2 amide bonds. The van der Waals surface area contributed by atoms with Gasteiger partial charge in [-0.2, -0.15) is 0 Å². The first-order valence-electron chi connectivity index (χ1n) is 9.23. The number of aryl methyl sites for hydroxylation is 1. The summed E-state index contributed by atoms with van der Waals surface area (Å²) >= 11 is 0. The van der Waals surface area contributed by atoms with Gasteiger partial charge in [-0.05, 0) is 31.2 Å². The van der Waals surface area contributed by atoms with Gasteiger partial charge in [0.05, 0.1) is 17.4 Å². The molecule has 7 heteroatoms. The lowest BCUT2D eigenvalue weighted by molar-refractivity contribution is -0.121. The van der Waals surface area contributed by atoms with E-state index in [1.807, 2.05) is 43.3 Å². The zero-order chi connectivity index (χ0) is 19.5. The summed E-state index contributed by atoms with van der Waals surface area (Å²) in [6.07, 6.45) is 1.61. The van der Waals surface area contributed by atoms with Crippen molar-refractivity contribution in [2.45, 2.75) is 13.0 Å². The largest absolute Gasteiger partial charge is 0.323 e. The lowest BCUT2D eigenvalue weighted by atomic mass is 10.1. The highest BCUT2D eigenvalue weighted by atomic mass is 16.2. The molecule has 0 unspecified atom stereocenters. The minimum absolute atomic E-state index is 0.241. The normalized spacial score (nSPS) is 16.8. The van der Waals surface area contributed by atoms with Gasteiger partial charge in [-0.1, -0.05) is 24.3 Å². The number of carbonyl (C=O) groups excluding carboxylic acids is 2. The lowest BCUT2D eigenvalue weighted by Gasteiger charge is -2.35. The summed E-state index contributed by atoms with van der Waals surface area (Å²) in [7, 11) is 0. The van der Waals surface area contributed by atoms with Gasteiger partial charge in [-0.3, -0.25) is 14.6 Å².